The molecule has 0 fully saturated rings. The fraction of sp³-hybridized carbons (Fsp3) is 0.0455. The maximum absolute atomic E-state index is 15.4. The molecule has 0 spiro atoms. The maximum atomic E-state index is 15.4. The van der Waals surface area contributed by atoms with Crippen molar-refractivity contribution in [1.29, 1.82) is 0 Å². The molecule has 0 saturated heterocycles. The summed E-state index contributed by atoms with van der Waals surface area (Å²) in [6.45, 7) is 0. The number of nitrogens with one attached hydrogen (secondary N) is 2. The highest BCUT2D eigenvalue weighted by Gasteiger charge is 2.26. The fourth-order valence-corrected chi connectivity index (χ4v) is 5.52. The Morgan fingerprint density at radius 2 is 1.79 bits per heavy atom. The van der Waals surface area contributed by atoms with Crippen molar-refractivity contribution < 1.29 is 21.6 Å². The number of hydrogen-bond donors (Lipinski definition) is 2. The molecule has 0 unspecified atom stereocenters. The van der Waals surface area contributed by atoms with Gasteiger partial charge in [0.15, 0.2) is 21.5 Å². The minimum atomic E-state index is -4.12. The molecule has 0 bridgehead atoms. The summed E-state index contributed by atoms with van der Waals surface area (Å²) in [5, 5.41) is 6.67. The summed E-state index contributed by atoms with van der Waals surface area (Å²) >= 11 is 5.87. The monoisotopic (exact) mass is 503 g/mol. The number of sulfone groups is 1. The van der Waals surface area contributed by atoms with Gasteiger partial charge < -0.3 is 4.98 Å². The van der Waals surface area contributed by atoms with Gasteiger partial charge >= 0.3 is 0 Å². The average Bonchev–Trinajstić information content (AvgIpc) is 3.47. The minimum Gasteiger partial charge on any atom is -0.343 e. The molecule has 0 aliphatic heterocycles. The molecular formula is C22H13ClF3N5O2S. The molecule has 3 heterocycles. The highest BCUT2D eigenvalue weighted by molar-refractivity contribution is 7.90. The van der Waals surface area contributed by atoms with Crippen LogP contribution in [0.1, 0.15) is 5.56 Å². The number of rotatable bonds is 5. The van der Waals surface area contributed by atoms with Gasteiger partial charge in [-0.05, 0) is 24.3 Å². The van der Waals surface area contributed by atoms with E-state index in [1.54, 1.807) is 6.20 Å². The second kappa shape index (κ2) is 8.26. The first kappa shape index (κ1) is 22.1. The average molecular weight is 504 g/mol. The molecule has 5 aromatic rings. The van der Waals surface area contributed by atoms with Crippen LogP contribution in [0.2, 0.25) is 5.15 Å². The van der Waals surface area contributed by atoms with Crippen molar-refractivity contribution >= 4 is 32.3 Å². The third-order valence-corrected chi connectivity index (χ3v) is 7.35. The van der Waals surface area contributed by atoms with Crippen LogP contribution in [0.4, 0.5) is 13.2 Å². The predicted molar refractivity (Wildman–Crippen MR) is 119 cm³/mol. The zero-order valence-corrected chi connectivity index (χ0v) is 18.6. The topological polar surface area (TPSA) is 104 Å². The van der Waals surface area contributed by atoms with Crippen LogP contribution in [0.25, 0.3) is 33.5 Å². The summed E-state index contributed by atoms with van der Waals surface area (Å²) in [7, 11) is -4.12. The summed E-state index contributed by atoms with van der Waals surface area (Å²) in [5.41, 5.74) is -1.21. The first-order valence-corrected chi connectivity index (χ1v) is 11.8. The van der Waals surface area contributed by atoms with E-state index in [1.165, 1.54) is 36.7 Å². The summed E-state index contributed by atoms with van der Waals surface area (Å²) in [5.74, 6) is -3.65. The zero-order chi connectivity index (χ0) is 24.0. The van der Waals surface area contributed by atoms with Crippen LogP contribution in [0.15, 0.2) is 59.9 Å². The van der Waals surface area contributed by atoms with E-state index in [-0.39, 0.29) is 21.1 Å². The molecule has 2 N–H and O–H groups in total. The normalized spacial score (nSPS) is 11.9. The lowest BCUT2D eigenvalue weighted by Gasteiger charge is -2.12. The number of hydrogen-bond acceptors (Lipinski definition) is 5. The molecule has 3 aromatic heterocycles. The Kier molecular flexibility index (Phi) is 5.37. The van der Waals surface area contributed by atoms with E-state index in [9.17, 15) is 12.8 Å². The van der Waals surface area contributed by atoms with Crippen LogP contribution in [0.5, 0.6) is 0 Å². The SMILES string of the molecule is O=S(=O)(Cc1ccc(F)c(-c2ccc3c(-c4ncc[nH]4)[nH]nc3c2F)c1F)c1cccnc1Cl. The smallest absolute Gasteiger partial charge is 0.185 e. The molecule has 0 saturated carbocycles. The van der Waals surface area contributed by atoms with E-state index in [0.29, 0.717) is 16.9 Å². The van der Waals surface area contributed by atoms with Gasteiger partial charge in [-0.3, -0.25) is 5.10 Å². The van der Waals surface area contributed by atoms with Crippen molar-refractivity contribution in [1.82, 2.24) is 25.1 Å². The molecule has 12 heteroatoms. The van der Waals surface area contributed by atoms with Gasteiger partial charge in [-0.15, -0.1) is 0 Å². The summed E-state index contributed by atoms with van der Waals surface area (Å²) in [4.78, 5) is 10.4. The Balaban J connectivity index is 1.61. The van der Waals surface area contributed by atoms with Gasteiger partial charge in [0.1, 0.15) is 32.9 Å². The lowest BCUT2D eigenvalue weighted by atomic mass is 9.99. The Hall–Kier alpha value is -3.70. The third kappa shape index (κ3) is 3.62. The van der Waals surface area contributed by atoms with E-state index >= 15 is 8.78 Å². The van der Waals surface area contributed by atoms with Crippen LogP contribution in [0.3, 0.4) is 0 Å². The maximum Gasteiger partial charge on any atom is 0.185 e. The van der Waals surface area contributed by atoms with Gasteiger partial charge in [-0.25, -0.2) is 31.6 Å². The van der Waals surface area contributed by atoms with Crippen LogP contribution >= 0.6 is 11.6 Å². The Labute approximate surface area is 195 Å². The molecule has 2 aromatic carbocycles. The van der Waals surface area contributed by atoms with Crippen LogP contribution < -0.4 is 0 Å². The van der Waals surface area contributed by atoms with E-state index in [1.807, 2.05) is 0 Å². The van der Waals surface area contributed by atoms with Crippen molar-refractivity contribution in [2.24, 2.45) is 0 Å². The quantitative estimate of drug-likeness (QED) is 0.326. The van der Waals surface area contributed by atoms with Gasteiger partial charge in [0.25, 0.3) is 0 Å². The zero-order valence-electron chi connectivity index (χ0n) is 17.0. The van der Waals surface area contributed by atoms with E-state index in [2.05, 4.69) is 25.1 Å². The molecule has 0 atom stereocenters. The summed E-state index contributed by atoms with van der Waals surface area (Å²) in [6.07, 6.45) is 4.40. The number of aromatic nitrogens is 5. The number of halogens is 4. The third-order valence-electron chi connectivity index (χ3n) is 5.25. The highest BCUT2D eigenvalue weighted by atomic mass is 35.5. The molecule has 0 radical (unpaired) electrons. The van der Waals surface area contributed by atoms with Gasteiger partial charge in [-0.1, -0.05) is 23.7 Å². The number of fused-ring (bicyclic) bond motifs is 1. The molecule has 172 valence electrons. The van der Waals surface area contributed by atoms with Crippen molar-refractivity contribution in [3.8, 4) is 22.6 Å². The first-order valence-electron chi connectivity index (χ1n) is 9.75. The highest BCUT2D eigenvalue weighted by Crippen LogP contribution is 2.36. The van der Waals surface area contributed by atoms with Gasteiger partial charge in [0.05, 0.1) is 11.3 Å². The lowest BCUT2D eigenvalue weighted by Crippen LogP contribution is -2.09. The van der Waals surface area contributed by atoms with Crippen LogP contribution in [-0.2, 0) is 15.6 Å². The lowest BCUT2D eigenvalue weighted by molar-refractivity contribution is 0.570. The number of nitrogens with zero attached hydrogens (tertiary/aromatic N) is 3. The van der Waals surface area contributed by atoms with E-state index in [4.69, 9.17) is 11.6 Å². The Morgan fingerprint density at radius 1 is 0.971 bits per heavy atom. The van der Waals surface area contributed by atoms with E-state index in [0.717, 1.165) is 12.1 Å². The van der Waals surface area contributed by atoms with Gasteiger partial charge in [0.2, 0.25) is 0 Å². The largest absolute Gasteiger partial charge is 0.343 e. The summed E-state index contributed by atoms with van der Waals surface area (Å²) in [6, 6.07) is 7.14. The van der Waals surface area contributed by atoms with Crippen molar-refractivity contribution in [3.05, 3.63) is 83.2 Å². The Bertz CT molecular complexity index is 1650. The van der Waals surface area contributed by atoms with Gasteiger partial charge in [0, 0.05) is 35.1 Å². The molecule has 34 heavy (non-hydrogen) atoms. The van der Waals surface area contributed by atoms with Crippen molar-refractivity contribution in [3.63, 3.8) is 0 Å². The molecule has 5 rings (SSSR count). The molecule has 7 nitrogen and oxygen atoms in total. The minimum absolute atomic E-state index is 0.150. The second-order valence-electron chi connectivity index (χ2n) is 7.31. The number of benzene rings is 2. The number of aromatic amines is 2. The second-order valence-corrected chi connectivity index (χ2v) is 9.62. The molecule has 0 aliphatic carbocycles. The van der Waals surface area contributed by atoms with Crippen molar-refractivity contribution in [2.75, 3.05) is 0 Å². The standard InChI is InChI=1S/C22H13ClF3N5O2S/c23-21-15(2-1-7-27-21)34(32,33)10-11-3-6-14(24)16(17(11)25)12-4-5-13-19(18(12)26)30-31-20(13)22-28-8-9-29-22/h1-9H,10H2,(H,28,29)(H,30,31). The molecular weight excluding hydrogens is 491 g/mol. The molecule has 0 aliphatic rings. The van der Waals surface area contributed by atoms with Gasteiger partial charge in [-0.2, -0.15) is 5.10 Å². The first-order chi connectivity index (χ1) is 16.3. The predicted octanol–water partition coefficient (Wildman–Crippen LogP) is 5.06. The van der Waals surface area contributed by atoms with Crippen molar-refractivity contribution in [2.45, 2.75) is 10.6 Å². The van der Waals surface area contributed by atoms with Crippen LogP contribution in [0, 0.1) is 17.5 Å². The number of H-pyrrole nitrogens is 2. The molecule has 0 amide bonds. The number of pyridine rings is 1. The summed E-state index contributed by atoms with van der Waals surface area (Å²) < 4.78 is 71.1. The van der Waals surface area contributed by atoms with Crippen LogP contribution in [-0.4, -0.2) is 33.6 Å². The number of imidazole rings is 1. The Morgan fingerprint density at radius 3 is 2.53 bits per heavy atom. The van der Waals surface area contributed by atoms with E-state index < -0.39 is 44.2 Å². The fourth-order valence-electron chi connectivity index (χ4n) is 3.66.